The highest BCUT2D eigenvalue weighted by Gasteiger charge is 2.25. The predicted octanol–water partition coefficient (Wildman–Crippen LogP) is 12.9. The summed E-state index contributed by atoms with van der Waals surface area (Å²) < 4.78 is 8.78. The molecular formula is C51H34N4O. The fourth-order valence-electron chi connectivity index (χ4n) is 8.30. The molecule has 0 atom stereocenters. The Hall–Kier alpha value is -7.37. The maximum atomic E-state index is 6.54. The highest BCUT2D eigenvalue weighted by Crippen LogP contribution is 2.43. The SMILES string of the molecule is C1=C(c2cc(-c3ccccc3)c3oc4ccccc4c3c2)CCc2c1n(-c1nc(-c3ccccc3)nc(-c3cccc(-c4ccccc4)c3)n1)c1ccccc21. The van der Waals surface area contributed by atoms with Gasteiger partial charge in [-0.15, -0.1) is 0 Å². The Labute approximate surface area is 323 Å². The minimum absolute atomic E-state index is 0.593. The molecule has 0 amide bonds. The van der Waals surface area contributed by atoms with Crippen molar-refractivity contribution in [3.63, 3.8) is 0 Å². The summed E-state index contributed by atoms with van der Waals surface area (Å²) in [6, 6.07) is 61.2. The number of fused-ring (bicyclic) bond motifs is 6. The van der Waals surface area contributed by atoms with Crippen molar-refractivity contribution in [3.05, 3.63) is 193 Å². The summed E-state index contributed by atoms with van der Waals surface area (Å²) >= 11 is 0. The molecule has 11 rings (SSSR count). The van der Waals surface area contributed by atoms with Gasteiger partial charge in [-0.2, -0.15) is 9.97 Å². The molecule has 264 valence electrons. The van der Waals surface area contributed by atoms with Crippen LogP contribution >= 0.6 is 0 Å². The number of benzene rings is 7. The lowest BCUT2D eigenvalue weighted by atomic mass is 9.88. The van der Waals surface area contributed by atoms with Gasteiger partial charge in [-0.05, 0) is 82.6 Å². The van der Waals surface area contributed by atoms with E-state index in [0.717, 1.165) is 79.4 Å². The van der Waals surface area contributed by atoms with Crippen molar-refractivity contribution in [3.8, 4) is 51.0 Å². The Kier molecular flexibility index (Phi) is 7.56. The molecule has 5 nitrogen and oxygen atoms in total. The molecule has 0 N–H and O–H groups in total. The van der Waals surface area contributed by atoms with Crippen LogP contribution in [0.15, 0.2) is 180 Å². The molecule has 0 aliphatic heterocycles. The van der Waals surface area contributed by atoms with Crippen LogP contribution in [0.3, 0.4) is 0 Å². The summed E-state index contributed by atoms with van der Waals surface area (Å²) in [6.07, 6.45) is 4.15. The van der Waals surface area contributed by atoms with E-state index in [4.69, 9.17) is 19.4 Å². The van der Waals surface area contributed by atoms with Crippen LogP contribution in [0.5, 0.6) is 0 Å². The summed E-state index contributed by atoms with van der Waals surface area (Å²) in [5, 5.41) is 3.46. The molecule has 0 saturated carbocycles. The van der Waals surface area contributed by atoms with Gasteiger partial charge in [0.2, 0.25) is 5.95 Å². The molecule has 1 aliphatic rings. The van der Waals surface area contributed by atoms with Crippen LogP contribution in [-0.4, -0.2) is 19.5 Å². The second kappa shape index (κ2) is 13.2. The molecule has 3 aromatic heterocycles. The van der Waals surface area contributed by atoms with Crippen molar-refractivity contribution in [1.82, 2.24) is 19.5 Å². The molecule has 10 aromatic rings. The Balaban J connectivity index is 1.13. The standard InChI is InChI=1S/C51H34N4O/c1-4-15-33(16-5-1)36-21-14-22-38(29-36)50-52-49(35-19-8-3-9-20-35)53-51(54-50)55-45-25-12-10-23-40(45)41-28-27-37(32-46(41)55)39-30-43(34-17-6-2-7-18-34)48-44(31-39)42-24-11-13-26-47(42)56-48/h1-26,29-32H,27-28H2. The van der Waals surface area contributed by atoms with E-state index in [1.54, 1.807) is 0 Å². The summed E-state index contributed by atoms with van der Waals surface area (Å²) in [5.41, 5.74) is 14.1. The van der Waals surface area contributed by atoms with E-state index < -0.39 is 0 Å². The van der Waals surface area contributed by atoms with E-state index >= 15 is 0 Å². The molecule has 1 aliphatic carbocycles. The fraction of sp³-hybridized carbons (Fsp3) is 0.0392. The van der Waals surface area contributed by atoms with Gasteiger partial charge in [-0.25, -0.2) is 4.98 Å². The minimum atomic E-state index is 0.593. The van der Waals surface area contributed by atoms with Gasteiger partial charge < -0.3 is 4.42 Å². The predicted molar refractivity (Wildman–Crippen MR) is 228 cm³/mol. The molecule has 0 unspecified atom stereocenters. The van der Waals surface area contributed by atoms with E-state index in [-0.39, 0.29) is 0 Å². The monoisotopic (exact) mass is 718 g/mol. The lowest BCUT2D eigenvalue weighted by Crippen LogP contribution is -2.09. The first-order valence-corrected chi connectivity index (χ1v) is 19.1. The molecule has 0 radical (unpaired) electrons. The molecule has 0 fully saturated rings. The molecule has 3 heterocycles. The van der Waals surface area contributed by atoms with Crippen LogP contribution in [0, 0.1) is 0 Å². The molecule has 7 aromatic carbocycles. The lowest BCUT2D eigenvalue weighted by Gasteiger charge is -2.18. The third-order valence-corrected chi connectivity index (χ3v) is 11.0. The van der Waals surface area contributed by atoms with Gasteiger partial charge in [0.15, 0.2) is 11.6 Å². The van der Waals surface area contributed by atoms with Crippen LogP contribution in [0.1, 0.15) is 23.2 Å². The summed E-state index contributed by atoms with van der Waals surface area (Å²) in [4.78, 5) is 15.6. The number of para-hydroxylation sites is 2. The molecule has 5 heteroatoms. The van der Waals surface area contributed by atoms with Crippen LogP contribution in [-0.2, 0) is 6.42 Å². The second-order valence-electron chi connectivity index (χ2n) is 14.3. The van der Waals surface area contributed by atoms with Crippen LogP contribution in [0.25, 0.3) is 95.5 Å². The second-order valence-corrected chi connectivity index (χ2v) is 14.3. The van der Waals surface area contributed by atoms with Gasteiger partial charge in [0.1, 0.15) is 11.2 Å². The molecule has 0 bridgehead atoms. The maximum absolute atomic E-state index is 6.54. The zero-order valence-electron chi connectivity index (χ0n) is 30.4. The Morgan fingerprint density at radius 1 is 0.446 bits per heavy atom. The number of nitrogens with zero attached hydrogens (tertiary/aromatic N) is 4. The van der Waals surface area contributed by atoms with Crippen molar-refractivity contribution in [1.29, 1.82) is 0 Å². The third kappa shape index (κ3) is 5.44. The average Bonchev–Trinajstić information content (AvgIpc) is 3.82. The number of rotatable bonds is 6. The molecular weight excluding hydrogens is 685 g/mol. The number of allylic oxidation sites excluding steroid dienone is 1. The van der Waals surface area contributed by atoms with Gasteiger partial charge in [-0.1, -0.05) is 146 Å². The zero-order chi connectivity index (χ0) is 37.0. The largest absolute Gasteiger partial charge is 0.455 e. The van der Waals surface area contributed by atoms with Crippen LogP contribution in [0.4, 0.5) is 0 Å². The van der Waals surface area contributed by atoms with Crippen molar-refractivity contribution < 1.29 is 4.42 Å². The number of aryl methyl sites for hydroxylation is 1. The van der Waals surface area contributed by atoms with E-state index in [9.17, 15) is 0 Å². The number of hydrogen-bond donors (Lipinski definition) is 0. The highest BCUT2D eigenvalue weighted by atomic mass is 16.3. The zero-order valence-corrected chi connectivity index (χ0v) is 30.4. The van der Waals surface area contributed by atoms with Crippen molar-refractivity contribution >= 4 is 44.5 Å². The Bertz CT molecular complexity index is 3120. The van der Waals surface area contributed by atoms with Gasteiger partial charge in [0.25, 0.3) is 0 Å². The van der Waals surface area contributed by atoms with Gasteiger partial charge in [-0.3, -0.25) is 4.57 Å². The quantitative estimate of drug-likeness (QED) is 0.172. The first kappa shape index (κ1) is 32.1. The average molecular weight is 719 g/mol. The van der Waals surface area contributed by atoms with E-state index in [2.05, 4.69) is 156 Å². The summed E-state index contributed by atoms with van der Waals surface area (Å²) in [7, 11) is 0. The lowest BCUT2D eigenvalue weighted by molar-refractivity contribution is 0.670. The minimum Gasteiger partial charge on any atom is -0.455 e. The normalized spacial score (nSPS) is 12.6. The van der Waals surface area contributed by atoms with Crippen LogP contribution < -0.4 is 0 Å². The first-order chi connectivity index (χ1) is 27.7. The molecule has 0 saturated heterocycles. The van der Waals surface area contributed by atoms with E-state index in [1.165, 1.54) is 22.1 Å². The number of hydrogen-bond acceptors (Lipinski definition) is 4. The number of furan rings is 1. The topological polar surface area (TPSA) is 56.7 Å². The van der Waals surface area contributed by atoms with Crippen molar-refractivity contribution in [2.45, 2.75) is 12.8 Å². The molecule has 0 spiro atoms. The van der Waals surface area contributed by atoms with Gasteiger partial charge >= 0.3 is 0 Å². The smallest absolute Gasteiger partial charge is 0.238 e. The summed E-state index contributed by atoms with van der Waals surface area (Å²) in [6.45, 7) is 0. The van der Waals surface area contributed by atoms with E-state index in [0.29, 0.717) is 17.6 Å². The van der Waals surface area contributed by atoms with E-state index in [1.807, 2.05) is 30.3 Å². The Morgan fingerprint density at radius 3 is 1.86 bits per heavy atom. The van der Waals surface area contributed by atoms with Gasteiger partial charge in [0, 0.05) is 32.8 Å². The summed E-state index contributed by atoms with van der Waals surface area (Å²) in [5.74, 6) is 1.85. The number of aromatic nitrogens is 4. The first-order valence-electron chi connectivity index (χ1n) is 19.1. The third-order valence-electron chi connectivity index (χ3n) is 11.0. The van der Waals surface area contributed by atoms with Crippen molar-refractivity contribution in [2.24, 2.45) is 0 Å². The Morgan fingerprint density at radius 2 is 1.07 bits per heavy atom. The van der Waals surface area contributed by atoms with Gasteiger partial charge in [0.05, 0.1) is 11.2 Å². The van der Waals surface area contributed by atoms with Crippen LogP contribution in [0.2, 0.25) is 0 Å². The molecule has 56 heavy (non-hydrogen) atoms. The maximum Gasteiger partial charge on any atom is 0.238 e. The van der Waals surface area contributed by atoms with Crippen molar-refractivity contribution in [2.75, 3.05) is 0 Å². The highest BCUT2D eigenvalue weighted by molar-refractivity contribution is 6.11. The fourth-order valence-corrected chi connectivity index (χ4v) is 8.30.